The first-order valence-electron chi connectivity index (χ1n) is 5.63. The second-order valence-corrected chi connectivity index (χ2v) is 4.21. The van der Waals surface area contributed by atoms with Crippen molar-refractivity contribution < 1.29 is 4.39 Å². The monoisotopic (exact) mass is 242 g/mol. The maximum absolute atomic E-state index is 13.2. The molecule has 3 rings (SSSR count). The molecule has 1 heterocycles. The van der Waals surface area contributed by atoms with Crippen molar-refractivity contribution >= 4 is 11.0 Å². The van der Waals surface area contributed by atoms with Gasteiger partial charge in [-0.3, -0.25) is 4.57 Å². The highest BCUT2D eigenvalue weighted by Gasteiger charge is 2.10. The fourth-order valence-corrected chi connectivity index (χ4v) is 2.15. The Balaban J connectivity index is 2.39. The van der Waals surface area contributed by atoms with E-state index in [0.717, 1.165) is 16.6 Å². The average Bonchev–Trinajstić information content (AvgIpc) is 2.67. The molecule has 0 unspecified atom stereocenters. The van der Waals surface area contributed by atoms with E-state index < -0.39 is 0 Å². The number of H-pyrrole nitrogens is 1. The molecule has 0 aliphatic carbocycles. The van der Waals surface area contributed by atoms with Gasteiger partial charge in [0.2, 0.25) is 0 Å². The summed E-state index contributed by atoms with van der Waals surface area (Å²) in [5, 5.41) is 0. The molecule has 0 bridgehead atoms. The van der Waals surface area contributed by atoms with Crippen molar-refractivity contribution in [3.8, 4) is 5.69 Å². The van der Waals surface area contributed by atoms with Gasteiger partial charge in [-0.15, -0.1) is 0 Å². The maximum atomic E-state index is 13.2. The van der Waals surface area contributed by atoms with Gasteiger partial charge in [0.05, 0.1) is 16.7 Å². The van der Waals surface area contributed by atoms with Crippen LogP contribution >= 0.6 is 0 Å². The summed E-state index contributed by atoms with van der Waals surface area (Å²) in [6, 6.07) is 11.6. The molecule has 0 amide bonds. The second-order valence-electron chi connectivity index (χ2n) is 4.21. The molecule has 1 N–H and O–H groups in total. The number of hydrogen-bond acceptors (Lipinski definition) is 1. The number of rotatable bonds is 1. The van der Waals surface area contributed by atoms with Gasteiger partial charge in [-0.05, 0) is 36.8 Å². The van der Waals surface area contributed by atoms with Crippen LogP contribution in [-0.4, -0.2) is 9.55 Å². The molecular formula is C14H11FN2O. The number of para-hydroxylation sites is 1. The molecule has 0 atom stereocenters. The van der Waals surface area contributed by atoms with Crippen LogP contribution in [0.5, 0.6) is 0 Å². The lowest BCUT2D eigenvalue weighted by atomic mass is 10.2. The van der Waals surface area contributed by atoms with Crippen LogP contribution < -0.4 is 5.69 Å². The molecule has 0 saturated heterocycles. The molecule has 3 aromatic rings. The van der Waals surface area contributed by atoms with Gasteiger partial charge < -0.3 is 4.98 Å². The van der Waals surface area contributed by atoms with Gasteiger partial charge in [-0.2, -0.15) is 0 Å². The van der Waals surface area contributed by atoms with Gasteiger partial charge in [0.15, 0.2) is 0 Å². The summed E-state index contributed by atoms with van der Waals surface area (Å²) in [7, 11) is 0. The van der Waals surface area contributed by atoms with E-state index >= 15 is 0 Å². The fourth-order valence-electron chi connectivity index (χ4n) is 2.15. The predicted molar refractivity (Wildman–Crippen MR) is 68.6 cm³/mol. The molecule has 2 aromatic carbocycles. The molecular weight excluding hydrogens is 231 g/mol. The summed E-state index contributed by atoms with van der Waals surface area (Å²) in [6.45, 7) is 1.92. The van der Waals surface area contributed by atoms with E-state index in [9.17, 15) is 9.18 Å². The lowest BCUT2D eigenvalue weighted by Crippen LogP contribution is -2.14. The third-order valence-corrected chi connectivity index (χ3v) is 2.99. The summed E-state index contributed by atoms with van der Waals surface area (Å²) in [4.78, 5) is 14.8. The Hall–Kier alpha value is -2.36. The quantitative estimate of drug-likeness (QED) is 0.700. The fraction of sp³-hybridized carbons (Fsp3) is 0.0714. The first kappa shape index (κ1) is 10.8. The Bertz CT molecular complexity index is 786. The normalized spacial score (nSPS) is 11.0. The Morgan fingerprint density at radius 2 is 1.94 bits per heavy atom. The topological polar surface area (TPSA) is 37.8 Å². The number of nitrogens with zero attached hydrogens (tertiary/aromatic N) is 1. The largest absolute Gasteiger partial charge is 0.331 e. The minimum Gasteiger partial charge on any atom is -0.305 e. The van der Waals surface area contributed by atoms with Crippen molar-refractivity contribution in [3.05, 3.63) is 64.3 Å². The smallest absolute Gasteiger partial charge is 0.305 e. The standard InChI is InChI=1S/C14H11FN2O/c1-9-4-2-7-12-13(9)16-14(18)17(12)11-6-3-5-10(15)8-11/h2-8H,1H3,(H,16,18). The van der Waals surface area contributed by atoms with Gasteiger partial charge in [0.1, 0.15) is 5.82 Å². The third-order valence-electron chi connectivity index (χ3n) is 2.99. The highest BCUT2D eigenvalue weighted by atomic mass is 19.1. The molecule has 0 spiro atoms. The van der Waals surface area contributed by atoms with E-state index in [2.05, 4.69) is 4.98 Å². The zero-order chi connectivity index (χ0) is 12.7. The number of aromatic amines is 1. The van der Waals surface area contributed by atoms with Crippen molar-refractivity contribution in [3.63, 3.8) is 0 Å². The molecule has 1 aromatic heterocycles. The van der Waals surface area contributed by atoms with Crippen LogP contribution in [0.1, 0.15) is 5.56 Å². The number of benzene rings is 2. The summed E-state index contributed by atoms with van der Waals surface area (Å²) >= 11 is 0. The van der Waals surface area contributed by atoms with Gasteiger partial charge in [-0.25, -0.2) is 9.18 Å². The second kappa shape index (κ2) is 3.84. The first-order chi connectivity index (χ1) is 8.66. The van der Waals surface area contributed by atoms with Crippen LogP contribution in [-0.2, 0) is 0 Å². The Labute approximate surface area is 103 Å². The first-order valence-corrected chi connectivity index (χ1v) is 5.63. The number of nitrogens with one attached hydrogen (secondary N) is 1. The van der Waals surface area contributed by atoms with E-state index in [0.29, 0.717) is 5.69 Å². The zero-order valence-electron chi connectivity index (χ0n) is 9.77. The van der Waals surface area contributed by atoms with E-state index in [4.69, 9.17) is 0 Å². The molecule has 0 saturated carbocycles. The zero-order valence-corrected chi connectivity index (χ0v) is 9.77. The summed E-state index contributed by atoms with van der Waals surface area (Å²) < 4.78 is 14.7. The molecule has 18 heavy (non-hydrogen) atoms. The highest BCUT2D eigenvalue weighted by Crippen LogP contribution is 2.18. The number of hydrogen-bond donors (Lipinski definition) is 1. The number of aromatic nitrogens is 2. The van der Waals surface area contributed by atoms with Gasteiger partial charge in [0, 0.05) is 0 Å². The van der Waals surface area contributed by atoms with E-state index in [1.165, 1.54) is 16.7 Å². The third kappa shape index (κ3) is 1.54. The summed E-state index contributed by atoms with van der Waals surface area (Å²) in [5.74, 6) is -0.360. The van der Waals surface area contributed by atoms with Crippen molar-refractivity contribution in [1.82, 2.24) is 9.55 Å². The van der Waals surface area contributed by atoms with Gasteiger partial charge in [0.25, 0.3) is 0 Å². The minimum atomic E-state index is -0.360. The average molecular weight is 242 g/mol. The van der Waals surface area contributed by atoms with E-state index in [-0.39, 0.29) is 11.5 Å². The van der Waals surface area contributed by atoms with Crippen LogP contribution in [0.3, 0.4) is 0 Å². The SMILES string of the molecule is Cc1cccc2c1[nH]c(=O)n2-c1cccc(F)c1. The number of halogens is 1. The van der Waals surface area contributed by atoms with Crippen LogP contribution in [0.4, 0.5) is 4.39 Å². The number of imidazole rings is 1. The maximum Gasteiger partial charge on any atom is 0.331 e. The number of fused-ring (bicyclic) bond motifs is 1. The van der Waals surface area contributed by atoms with Crippen molar-refractivity contribution in [2.75, 3.05) is 0 Å². The van der Waals surface area contributed by atoms with E-state index in [1.54, 1.807) is 12.1 Å². The van der Waals surface area contributed by atoms with Crippen LogP contribution in [0.2, 0.25) is 0 Å². The number of aryl methyl sites for hydroxylation is 1. The summed E-state index contributed by atoms with van der Waals surface area (Å²) in [5.41, 5.74) is 2.79. The van der Waals surface area contributed by atoms with Gasteiger partial charge >= 0.3 is 5.69 Å². The molecule has 90 valence electrons. The molecule has 0 fully saturated rings. The highest BCUT2D eigenvalue weighted by molar-refractivity contribution is 5.80. The van der Waals surface area contributed by atoms with Crippen LogP contribution in [0.15, 0.2) is 47.3 Å². The Kier molecular flexibility index (Phi) is 2.30. The van der Waals surface area contributed by atoms with Crippen molar-refractivity contribution in [2.24, 2.45) is 0 Å². The van der Waals surface area contributed by atoms with Crippen LogP contribution in [0, 0.1) is 12.7 Å². The van der Waals surface area contributed by atoms with E-state index in [1.807, 2.05) is 25.1 Å². The molecule has 3 nitrogen and oxygen atoms in total. The Morgan fingerprint density at radius 1 is 1.17 bits per heavy atom. The van der Waals surface area contributed by atoms with Crippen LogP contribution in [0.25, 0.3) is 16.7 Å². The van der Waals surface area contributed by atoms with Gasteiger partial charge in [-0.1, -0.05) is 18.2 Å². The molecule has 0 radical (unpaired) electrons. The lowest BCUT2D eigenvalue weighted by Gasteiger charge is -2.03. The van der Waals surface area contributed by atoms with Crippen molar-refractivity contribution in [1.29, 1.82) is 0 Å². The Morgan fingerprint density at radius 3 is 2.72 bits per heavy atom. The molecule has 0 aliphatic rings. The van der Waals surface area contributed by atoms with Crippen molar-refractivity contribution in [2.45, 2.75) is 6.92 Å². The predicted octanol–water partition coefficient (Wildman–Crippen LogP) is 2.77. The molecule has 0 aliphatic heterocycles. The summed E-state index contributed by atoms with van der Waals surface area (Å²) in [6.07, 6.45) is 0. The lowest BCUT2D eigenvalue weighted by molar-refractivity contribution is 0.626. The molecule has 4 heteroatoms. The minimum absolute atomic E-state index is 0.259.